The van der Waals surface area contributed by atoms with Crippen LogP contribution in [0.1, 0.15) is 40.2 Å². The van der Waals surface area contributed by atoms with Gasteiger partial charge in [0.05, 0.1) is 7.11 Å². The van der Waals surface area contributed by atoms with E-state index in [1.165, 1.54) is 13.2 Å². The molecule has 0 heterocycles. The number of esters is 1. The third-order valence-electron chi connectivity index (χ3n) is 4.97. The van der Waals surface area contributed by atoms with Crippen molar-refractivity contribution in [1.82, 2.24) is 16.0 Å². The number of amides is 3. The summed E-state index contributed by atoms with van der Waals surface area (Å²) in [6, 6.07) is 3.90. The molecule has 1 aromatic carbocycles. The Morgan fingerprint density at radius 2 is 1.59 bits per heavy atom. The second kappa shape index (κ2) is 14.7. The van der Waals surface area contributed by atoms with Gasteiger partial charge in [0.25, 0.3) is 0 Å². The lowest BCUT2D eigenvalue weighted by molar-refractivity contribution is -0.144. The molecule has 3 amide bonds. The van der Waals surface area contributed by atoms with Crippen LogP contribution in [0.5, 0.6) is 5.75 Å². The van der Waals surface area contributed by atoms with Crippen LogP contribution in [0.3, 0.4) is 0 Å². The summed E-state index contributed by atoms with van der Waals surface area (Å²) in [5.74, 6) is -1.60. The van der Waals surface area contributed by atoms with Crippen molar-refractivity contribution in [1.29, 1.82) is 0 Å². The molecule has 204 valence electrons. The smallest absolute Gasteiger partial charge is 0.408 e. The lowest BCUT2D eigenvalue weighted by Gasteiger charge is -2.27. The van der Waals surface area contributed by atoms with E-state index in [1.807, 2.05) is 0 Å². The van der Waals surface area contributed by atoms with E-state index in [1.54, 1.807) is 65.0 Å². The maximum atomic E-state index is 13.3. The fourth-order valence-corrected chi connectivity index (χ4v) is 3.14. The number of hydrogen-bond acceptors (Lipinski definition) is 7. The number of nitrogens with one attached hydrogen (secondary N) is 3. The quantitative estimate of drug-likeness (QED) is 0.271. The maximum absolute atomic E-state index is 13.3. The first-order valence-corrected chi connectivity index (χ1v) is 11.9. The van der Waals surface area contributed by atoms with Crippen LogP contribution in [0.25, 0.3) is 0 Å². The van der Waals surface area contributed by atoms with Crippen molar-refractivity contribution < 1.29 is 33.4 Å². The van der Waals surface area contributed by atoms with Gasteiger partial charge in [0.15, 0.2) is 0 Å². The minimum atomic E-state index is -1.08. The van der Waals surface area contributed by atoms with E-state index >= 15 is 0 Å². The van der Waals surface area contributed by atoms with Crippen molar-refractivity contribution >= 4 is 23.9 Å². The summed E-state index contributed by atoms with van der Waals surface area (Å²) in [5.41, 5.74) is -0.0338. The van der Waals surface area contributed by atoms with Crippen LogP contribution >= 0.6 is 0 Å². The molecular weight excluding hydrogens is 478 g/mol. The van der Waals surface area contributed by atoms with Gasteiger partial charge in [-0.1, -0.05) is 44.7 Å². The van der Waals surface area contributed by atoms with Crippen LogP contribution in [0.15, 0.2) is 49.6 Å². The Kier molecular flexibility index (Phi) is 12.4. The van der Waals surface area contributed by atoms with E-state index in [9.17, 15) is 19.2 Å². The van der Waals surface area contributed by atoms with E-state index in [-0.39, 0.29) is 12.3 Å². The predicted molar refractivity (Wildman–Crippen MR) is 140 cm³/mol. The largest absolute Gasteiger partial charge is 0.490 e. The number of carbonyl (C=O) groups excluding carboxylic acids is 4. The summed E-state index contributed by atoms with van der Waals surface area (Å²) in [4.78, 5) is 50.6. The Bertz CT molecular complexity index is 952. The zero-order valence-corrected chi connectivity index (χ0v) is 22.5. The van der Waals surface area contributed by atoms with Gasteiger partial charge in [0.2, 0.25) is 11.8 Å². The van der Waals surface area contributed by atoms with E-state index in [0.29, 0.717) is 12.4 Å². The summed E-state index contributed by atoms with van der Waals surface area (Å²) in [6.07, 6.45) is 2.21. The highest BCUT2D eigenvalue weighted by Gasteiger charge is 2.31. The molecule has 0 aliphatic rings. The standard InChI is InChI=1S/C27H39N3O7/c1-9-15-36-19-13-11-18(12-14-19)16-21(29-26(34)37-27(5,6)7)23(31)30-22(17(3)4)24(32)28-20(10-2)25(33)35-8/h9-14,17,20-22H,1-2,15-16H2,3-8H3,(H,28,32)(H,29,34)(H,30,31)/t20-,21-,22-/m0/s1. The average Bonchev–Trinajstić information content (AvgIpc) is 2.82. The normalized spacial score (nSPS) is 13.4. The van der Waals surface area contributed by atoms with Crippen LogP contribution in [-0.2, 0) is 30.3 Å². The Morgan fingerprint density at radius 1 is 0.973 bits per heavy atom. The highest BCUT2D eigenvalue weighted by atomic mass is 16.6. The third-order valence-corrected chi connectivity index (χ3v) is 4.97. The summed E-state index contributed by atoms with van der Waals surface area (Å²) >= 11 is 0. The van der Waals surface area contributed by atoms with Gasteiger partial charge in [0.1, 0.15) is 36.1 Å². The number of methoxy groups -OCH3 is 1. The molecule has 0 aromatic heterocycles. The molecule has 0 radical (unpaired) electrons. The number of hydrogen-bond donors (Lipinski definition) is 3. The van der Waals surface area contributed by atoms with Gasteiger partial charge in [-0.25, -0.2) is 9.59 Å². The van der Waals surface area contributed by atoms with Crippen LogP contribution in [0.4, 0.5) is 4.79 Å². The Morgan fingerprint density at radius 3 is 2.08 bits per heavy atom. The molecule has 10 nitrogen and oxygen atoms in total. The Hall–Kier alpha value is -3.82. The highest BCUT2D eigenvalue weighted by molar-refractivity contribution is 5.93. The van der Waals surface area contributed by atoms with E-state index in [4.69, 9.17) is 9.47 Å². The van der Waals surface area contributed by atoms with Crippen molar-refractivity contribution in [2.45, 2.75) is 64.8 Å². The van der Waals surface area contributed by atoms with Crippen LogP contribution < -0.4 is 20.7 Å². The molecule has 0 unspecified atom stereocenters. The van der Waals surface area contributed by atoms with Gasteiger partial charge in [-0.3, -0.25) is 9.59 Å². The highest BCUT2D eigenvalue weighted by Crippen LogP contribution is 2.15. The molecule has 0 spiro atoms. The van der Waals surface area contributed by atoms with Gasteiger partial charge < -0.3 is 30.2 Å². The summed E-state index contributed by atoms with van der Waals surface area (Å²) in [6.45, 7) is 16.1. The maximum Gasteiger partial charge on any atom is 0.408 e. The van der Waals surface area contributed by atoms with Gasteiger partial charge in [-0.05, 0) is 44.4 Å². The summed E-state index contributed by atoms with van der Waals surface area (Å²) in [5, 5.41) is 7.79. The SMILES string of the molecule is C=CCOc1ccc(C[C@H](NC(=O)OC(C)(C)C)C(=O)N[C@H](C(=O)N[C@@H](C=C)C(=O)OC)C(C)C)cc1. The monoisotopic (exact) mass is 517 g/mol. The second-order valence-corrected chi connectivity index (χ2v) is 9.62. The number of alkyl carbamates (subject to hydrolysis) is 1. The van der Waals surface area contributed by atoms with Gasteiger partial charge in [0, 0.05) is 6.42 Å². The molecule has 0 aliphatic carbocycles. The molecule has 1 aromatic rings. The first kappa shape index (κ1) is 31.2. The molecule has 0 saturated heterocycles. The molecule has 3 atom stereocenters. The number of benzene rings is 1. The lowest BCUT2D eigenvalue weighted by Crippen LogP contribution is -2.57. The molecular formula is C27H39N3O7. The summed E-state index contributed by atoms with van der Waals surface area (Å²) in [7, 11) is 1.19. The number of carbonyl (C=O) groups is 4. The van der Waals surface area contributed by atoms with Crippen molar-refractivity contribution in [2.24, 2.45) is 5.92 Å². The topological polar surface area (TPSA) is 132 Å². The molecule has 0 saturated carbocycles. The molecule has 0 aliphatic heterocycles. The summed E-state index contributed by atoms with van der Waals surface area (Å²) < 4.78 is 15.5. The first-order valence-electron chi connectivity index (χ1n) is 11.9. The second-order valence-electron chi connectivity index (χ2n) is 9.62. The minimum absolute atomic E-state index is 0.122. The average molecular weight is 518 g/mol. The van der Waals surface area contributed by atoms with Crippen molar-refractivity contribution in [2.75, 3.05) is 13.7 Å². The molecule has 1 rings (SSSR count). The lowest BCUT2D eigenvalue weighted by atomic mass is 10.0. The van der Waals surface area contributed by atoms with E-state index in [2.05, 4.69) is 33.8 Å². The van der Waals surface area contributed by atoms with Crippen molar-refractivity contribution in [3.8, 4) is 5.75 Å². The van der Waals surface area contributed by atoms with Crippen LogP contribution in [-0.4, -0.2) is 61.3 Å². The van der Waals surface area contributed by atoms with Crippen LogP contribution in [0.2, 0.25) is 0 Å². The Balaban J connectivity index is 3.11. The molecule has 3 N–H and O–H groups in total. The van der Waals surface area contributed by atoms with Gasteiger partial charge >= 0.3 is 12.1 Å². The number of ether oxygens (including phenoxy) is 3. The molecule has 37 heavy (non-hydrogen) atoms. The molecule has 0 fully saturated rings. The van der Waals surface area contributed by atoms with Gasteiger partial charge in [-0.2, -0.15) is 0 Å². The Labute approximate surface area is 218 Å². The fraction of sp³-hybridized carbons (Fsp3) is 0.481. The number of rotatable bonds is 13. The third kappa shape index (κ3) is 11.2. The minimum Gasteiger partial charge on any atom is -0.490 e. The van der Waals surface area contributed by atoms with Crippen molar-refractivity contribution in [3.05, 3.63) is 55.1 Å². The fourth-order valence-electron chi connectivity index (χ4n) is 3.14. The van der Waals surface area contributed by atoms with E-state index in [0.717, 1.165) is 5.56 Å². The predicted octanol–water partition coefficient (Wildman–Crippen LogP) is 2.67. The zero-order chi connectivity index (χ0) is 28.2. The van der Waals surface area contributed by atoms with E-state index < -0.39 is 47.6 Å². The first-order chi connectivity index (χ1) is 17.3. The van der Waals surface area contributed by atoms with Crippen molar-refractivity contribution in [3.63, 3.8) is 0 Å². The molecule has 10 heteroatoms. The van der Waals surface area contributed by atoms with Gasteiger partial charge in [-0.15, -0.1) is 6.58 Å². The van der Waals surface area contributed by atoms with Crippen LogP contribution in [0, 0.1) is 5.92 Å². The zero-order valence-electron chi connectivity index (χ0n) is 22.5. The molecule has 0 bridgehead atoms.